The highest BCUT2D eigenvalue weighted by molar-refractivity contribution is 7.92. The van der Waals surface area contributed by atoms with E-state index >= 15 is 0 Å². The van der Waals surface area contributed by atoms with E-state index < -0.39 is 9.84 Å². The number of ether oxygens (including phenoxy) is 1. The van der Waals surface area contributed by atoms with E-state index in [9.17, 15) is 13.5 Å². The third-order valence-electron chi connectivity index (χ3n) is 3.21. The molecular formula is C13H18O4S. The average molecular weight is 270 g/mol. The van der Waals surface area contributed by atoms with Crippen LogP contribution in [0.1, 0.15) is 19.4 Å². The lowest BCUT2D eigenvalue weighted by Gasteiger charge is -2.27. The van der Waals surface area contributed by atoms with Gasteiger partial charge in [-0.3, -0.25) is 0 Å². The Bertz CT molecular complexity index is 504. The lowest BCUT2D eigenvalue weighted by Crippen LogP contribution is -2.45. The van der Waals surface area contributed by atoms with Gasteiger partial charge in [0.15, 0.2) is 9.84 Å². The van der Waals surface area contributed by atoms with Crippen LogP contribution in [0.2, 0.25) is 0 Å². The van der Waals surface area contributed by atoms with Gasteiger partial charge in [0.1, 0.15) is 11.9 Å². The van der Waals surface area contributed by atoms with E-state index in [1.807, 2.05) is 38.1 Å². The van der Waals surface area contributed by atoms with Crippen LogP contribution in [0.4, 0.5) is 0 Å². The molecule has 1 aromatic carbocycles. The summed E-state index contributed by atoms with van der Waals surface area (Å²) in [7, 11) is -2.84. The summed E-state index contributed by atoms with van der Waals surface area (Å²) in [5.41, 5.74) is 0.747. The fourth-order valence-electron chi connectivity index (χ4n) is 1.85. The van der Waals surface area contributed by atoms with Crippen LogP contribution in [-0.4, -0.2) is 37.7 Å². The maximum absolute atomic E-state index is 11.0. The van der Waals surface area contributed by atoms with E-state index in [1.165, 1.54) is 0 Å². The van der Waals surface area contributed by atoms with Gasteiger partial charge in [-0.15, -0.1) is 0 Å². The predicted octanol–water partition coefficient (Wildman–Crippen LogP) is 1.13. The fourth-order valence-corrected chi connectivity index (χ4v) is 3.03. The van der Waals surface area contributed by atoms with Crippen molar-refractivity contribution >= 4 is 9.84 Å². The standard InChI is InChI=1S/C13H18O4S/c1-13(2,9-14)10-3-5-11(6-4-10)17-12-7-18(15,16)8-12/h3-6,12,14H,7-9H2,1-2H3. The minimum Gasteiger partial charge on any atom is -0.488 e. The van der Waals surface area contributed by atoms with Crippen molar-refractivity contribution in [3.05, 3.63) is 29.8 Å². The number of aliphatic hydroxyl groups is 1. The van der Waals surface area contributed by atoms with Crippen molar-refractivity contribution in [2.75, 3.05) is 18.1 Å². The highest BCUT2D eigenvalue weighted by Gasteiger charge is 2.35. The highest BCUT2D eigenvalue weighted by atomic mass is 32.2. The van der Waals surface area contributed by atoms with E-state index in [0.29, 0.717) is 5.75 Å². The fraction of sp³-hybridized carbons (Fsp3) is 0.538. The monoisotopic (exact) mass is 270 g/mol. The van der Waals surface area contributed by atoms with Gasteiger partial charge in [-0.2, -0.15) is 0 Å². The zero-order valence-electron chi connectivity index (χ0n) is 10.6. The van der Waals surface area contributed by atoms with Crippen LogP contribution in [0, 0.1) is 0 Å². The Labute approximate surface area is 108 Å². The first-order chi connectivity index (χ1) is 8.32. The quantitative estimate of drug-likeness (QED) is 0.891. The minimum atomic E-state index is -2.84. The highest BCUT2D eigenvalue weighted by Crippen LogP contribution is 2.26. The van der Waals surface area contributed by atoms with Gasteiger partial charge in [-0.1, -0.05) is 26.0 Å². The van der Waals surface area contributed by atoms with E-state index in [0.717, 1.165) is 5.56 Å². The van der Waals surface area contributed by atoms with Gasteiger partial charge in [0.05, 0.1) is 18.1 Å². The summed E-state index contributed by atoms with van der Waals surface area (Å²) in [6.07, 6.45) is -0.216. The third-order valence-corrected chi connectivity index (χ3v) is 4.97. The summed E-state index contributed by atoms with van der Waals surface area (Å²) in [5.74, 6) is 0.890. The molecule has 0 radical (unpaired) electrons. The normalized spacial score (nSPS) is 19.3. The zero-order valence-corrected chi connectivity index (χ0v) is 11.4. The molecular weight excluding hydrogens is 252 g/mol. The van der Waals surface area contributed by atoms with Crippen molar-refractivity contribution in [3.8, 4) is 5.75 Å². The Balaban J connectivity index is 2.01. The SMILES string of the molecule is CC(C)(CO)c1ccc(OC2CS(=O)(=O)C2)cc1. The molecule has 0 atom stereocenters. The molecule has 2 rings (SSSR count). The molecule has 1 aliphatic rings. The van der Waals surface area contributed by atoms with Crippen LogP contribution in [0.5, 0.6) is 5.75 Å². The molecule has 1 aromatic rings. The van der Waals surface area contributed by atoms with Gasteiger partial charge < -0.3 is 9.84 Å². The van der Waals surface area contributed by atoms with Gasteiger partial charge in [-0.25, -0.2) is 8.42 Å². The van der Waals surface area contributed by atoms with Crippen molar-refractivity contribution in [2.24, 2.45) is 0 Å². The zero-order chi connectivity index (χ0) is 13.4. The van der Waals surface area contributed by atoms with Crippen molar-refractivity contribution < 1.29 is 18.3 Å². The summed E-state index contributed by atoms with van der Waals surface area (Å²) < 4.78 is 27.6. The van der Waals surface area contributed by atoms with Gasteiger partial charge in [0.25, 0.3) is 0 Å². The molecule has 0 aliphatic carbocycles. The van der Waals surface area contributed by atoms with E-state index in [4.69, 9.17) is 4.74 Å². The molecule has 0 saturated carbocycles. The first-order valence-electron chi connectivity index (χ1n) is 5.91. The number of sulfone groups is 1. The maximum atomic E-state index is 11.0. The number of benzene rings is 1. The summed E-state index contributed by atoms with van der Waals surface area (Å²) in [6, 6.07) is 7.44. The molecule has 18 heavy (non-hydrogen) atoms. The Morgan fingerprint density at radius 1 is 1.28 bits per heavy atom. The van der Waals surface area contributed by atoms with Crippen molar-refractivity contribution in [1.29, 1.82) is 0 Å². The Morgan fingerprint density at radius 3 is 2.28 bits per heavy atom. The van der Waals surface area contributed by atoms with Crippen molar-refractivity contribution in [1.82, 2.24) is 0 Å². The molecule has 0 aromatic heterocycles. The molecule has 0 amide bonds. The number of hydrogen-bond acceptors (Lipinski definition) is 4. The molecule has 1 N–H and O–H groups in total. The Hall–Kier alpha value is -1.07. The molecule has 0 spiro atoms. The van der Waals surface area contributed by atoms with Crippen molar-refractivity contribution in [3.63, 3.8) is 0 Å². The number of hydrogen-bond donors (Lipinski definition) is 1. The van der Waals surface area contributed by atoms with Gasteiger partial charge >= 0.3 is 0 Å². The van der Waals surface area contributed by atoms with E-state index in [-0.39, 0.29) is 29.6 Å². The van der Waals surface area contributed by atoms with Crippen LogP contribution in [-0.2, 0) is 15.3 Å². The Morgan fingerprint density at radius 2 is 1.83 bits per heavy atom. The first-order valence-corrected chi connectivity index (χ1v) is 7.73. The van der Waals surface area contributed by atoms with Crippen LogP contribution in [0.25, 0.3) is 0 Å². The van der Waals surface area contributed by atoms with Crippen LogP contribution in [0.15, 0.2) is 24.3 Å². The van der Waals surface area contributed by atoms with Crippen LogP contribution >= 0.6 is 0 Å². The lowest BCUT2D eigenvalue weighted by atomic mass is 9.86. The van der Waals surface area contributed by atoms with Gasteiger partial charge in [0, 0.05) is 5.41 Å². The molecule has 5 heteroatoms. The molecule has 0 unspecified atom stereocenters. The van der Waals surface area contributed by atoms with Crippen molar-refractivity contribution in [2.45, 2.75) is 25.4 Å². The first kappa shape index (κ1) is 13.4. The third kappa shape index (κ3) is 2.84. The molecule has 4 nitrogen and oxygen atoms in total. The van der Waals surface area contributed by atoms with Crippen LogP contribution in [0.3, 0.4) is 0 Å². The minimum absolute atomic E-state index is 0.0775. The van der Waals surface area contributed by atoms with Gasteiger partial charge in [-0.05, 0) is 17.7 Å². The smallest absolute Gasteiger partial charge is 0.157 e. The average Bonchev–Trinajstić information content (AvgIpc) is 2.27. The van der Waals surface area contributed by atoms with E-state index in [1.54, 1.807) is 0 Å². The molecule has 1 saturated heterocycles. The maximum Gasteiger partial charge on any atom is 0.157 e. The second kappa shape index (κ2) is 4.55. The van der Waals surface area contributed by atoms with Gasteiger partial charge in [0.2, 0.25) is 0 Å². The number of aliphatic hydroxyl groups excluding tert-OH is 1. The molecule has 0 bridgehead atoms. The summed E-state index contributed by atoms with van der Waals surface area (Å²) in [4.78, 5) is 0. The molecule has 1 heterocycles. The summed E-state index contributed by atoms with van der Waals surface area (Å²) in [6.45, 7) is 4.00. The summed E-state index contributed by atoms with van der Waals surface area (Å²) >= 11 is 0. The van der Waals surface area contributed by atoms with E-state index in [2.05, 4.69) is 0 Å². The summed E-state index contributed by atoms with van der Waals surface area (Å²) in [5, 5.41) is 9.27. The Kier molecular flexibility index (Phi) is 3.38. The molecule has 1 fully saturated rings. The predicted molar refractivity (Wildman–Crippen MR) is 69.6 cm³/mol. The lowest BCUT2D eigenvalue weighted by molar-refractivity contribution is 0.217. The largest absolute Gasteiger partial charge is 0.488 e. The molecule has 1 aliphatic heterocycles. The number of rotatable bonds is 4. The second-order valence-electron chi connectivity index (χ2n) is 5.38. The van der Waals surface area contributed by atoms with Crippen LogP contribution < -0.4 is 4.74 Å². The molecule has 100 valence electrons. The second-order valence-corrected chi connectivity index (χ2v) is 7.54. The topological polar surface area (TPSA) is 63.6 Å².